The summed E-state index contributed by atoms with van der Waals surface area (Å²) in [5, 5.41) is 0. The van der Waals surface area contributed by atoms with E-state index in [1.165, 1.54) is 33.4 Å². The minimum atomic E-state index is -0.835. The van der Waals surface area contributed by atoms with Crippen LogP contribution in [0.5, 0.6) is 0 Å². The number of benzene rings is 1. The molecule has 2 aromatic heterocycles. The molecule has 4 rings (SSSR count). The second kappa shape index (κ2) is 8.18. The lowest BCUT2D eigenvalue weighted by Gasteiger charge is -2.39. The molecule has 0 saturated carbocycles. The number of imidazole rings is 1. The zero-order valence-corrected chi connectivity index (χ0v) is 18.2. The number of primary amides is 1. The van der Waals surface area contributed by atoms with Crippen molar-refractivity contribution in [1.29, 1.82) is 0 Å². The van der Waals surface area contributed by atoms with E-state index in [1.54, 1.807) is 11.8 Å². The molecule has 2 amide bonds. The molecule has 32 heavy (non-hydrogen) atoms. The number of hydrogen-bond acceptors (Lipinski definition) is 5. The lowest BCUT2D eigenvalue weighted by molar-refractivity contribution is -0.137. The smallest absolute Gasteiger partial charge is 0.335 e. The summed E-state index contributed by atoms with van der Waals surface area (Å²) in [7, 11) is 0. The highest BCUT2D eigenvalue weighted by Crippen LogP contribution is 2.24. The van der Waals surface area contributed by atoms with E-state index in [0.29, 0.717) is 5.69 Å². The first-order valence-corrected chi connectivity index (χ1v) is 10.6. The third kappa shape index (κ3) is 3.65. The molecule has 9 nitrogen and oxygen atoms in total. The number of amides is 2. The van der Waals surface area contributed by atoms with E-state index in [4.69, 9.17) is 5.73 Å². The fraction of sp³-hybridized carbons (Fsp3) is 0.409. The molecule has 0 radical (unpaired) electrons. The number of rotatable bonds is 4. The van der Waals surface area contributed by atoms with Crippen LogP contribution in [0.3, 0.4) is 0 Å². The fourth-order valence-corrected chi connectivity index (χ4v) is 4.53. The molecular weight excluding hydrogens is 415 g/mol. The van der Waals surface area contributed by atoms with Gasteiger partial charge in [0.05, 0.1) is 5.69 Å². The summed E-state index contributed by atoms with van der Waals surface area (Å²) in [6.07, 6.45) is 2.81. The fourth-order valence-electron chi connectivity index (χ4n) is 4.53. The van der Waals surface area contributed by atoms with Crippen molar-refractivity contribution < 1.29 is 14.0 Å². The molecule has 168 valence electrons. The third-order valence-corrected chi connectivity index (χ3v) is 5.97. The first-order valence-electron chi connectivity index (χ1n) is 10.6. The molecule has 0 unspecified atom stereocenters. The van der Waals surface area contributed by atoms with Gasteiger partial charge in [0.2, 0.25) is 5.91 Å². The second-order valence-electron chi connectivity index (χ2n) is 8.27. The number of fused-ring (bicyclic) bond motifs is 1. The van der Waals surface area contributed by atoms with Crippen LogP contribution in [0.2, 0.25) is 0 Å². The van der Waals surface area contributed by atoms with Crippen molar-refractivity contribution >= 4 is 23.0 Å². The first kappa shape index (κ1) is 21.7. The molecule has 1 fully saturated rings. The summed E-state index contributed by atoms with van der Waals surface area (Å²) in [5.74, 6) is -1.29. The molecule has 1 saturated heterocycles. The van der Waals surface area contributed by atoms with Crippen molar-refractivity contribution in [2.24, 2.45) is 5.73 Å². The molecule has 0 spiro atoms. The average molecular weight is 440 g/mol. The zero-order chi connectivity index (χ0) is 23.2. The van der Waals surface area contributed by atoms with Gasteiger partial charge in [-0.05, 0) is 64.3 Å². The number of nitrogens with two attached hydrogens (primary N) is 1. The van der Waals surface area contributed by atoms with Gasteiger partial charge in [-0.1, -0.05) is 0 Å². The highest BCUT2D eigenvalue weighted by Gasteiger charge is 2.31. The Hall–Kier alpha value is -3.56. The van der Waals surface area contributed by atoms with Gasteiger partial charge in [0.25, 0.3) is 5.91 Å². The van der Waals surface area contributed by atoms with Crippen LogP contribution in [0.4, 0.5) is 4.39 Å². The Kier molecular flexibility index (Phi) is 5.53. The molecule has 2 N–H and O–H groups in total. The Morgan fingerprint density at radius 1 is 1.12 bits per heavy atom. The quantitative estimate of drug-likeness (QED) is 0.665. The van der Waals surface area contributed by atoms with Crippen LogP contribution in [0, 0.1) is 12.7 Å². The van der Waals surface area contributed by atoms with Gasteiger partial charge in [0.15, 0.2) is 11.3 Å². The molecule has 10 heteroatoms. The number of aryl methyl sites for hydroxylation is 1. The summed E-state index contributed by atoms with van der Waals surface area (Å²) in [4.78, 5) is 49.2. The number of likely N-dealkylation sites (tertiary alicyclic amines) is 1. The molecule has 1 aromatic carbocycles. The Labute approximate surface area is 183 Å². The molecule has 2 atom stereocenters. The monoisotopic (exact) mass is 440 g/mol. The van der Waals surface area contributed by atoms with Gasteiger partial charge in [0, 0.05) is 12.1 Å². The number of aromatic nitrogens is 4. The van der Waals surface area contributed by atoms with Gasteiger partial charge < -0.3 is 10.6 Å². The van der Waals surface area contributed by atoms with Crippen LogP contribution in [0.15, 0.2) is 29.1 Å². The molecule has 0 aliphatic carbocycles. The van der Waals surface area contributed by atoms with Gasteiger partial charge in [0.1, 0.15) is 23.7 Å². The van der Waals surface area contributed by atoms with Gasteiger partial charge in [-0.3, -0.25) is 14.2 Å². The normalized spacial score (nSPS) is 18.8. The average Bonchev–Trinajstić information content (AvgIpc) is 2.99. The van der Waals surface area contributed by atoms with E-state index >= 15 is 0 Å². The Morgan fingerprint density at radius 2 is 1.75 bits per heavy atom. The van der Waals surface area contributed by atoms with Gasteiger partial charge in [-0.2, -0.15) is 0 Å². The molecule has 3 heterocycles. The largest absolute Gasteiger partial charge is 0.364 e. The topological polar surface area (TPSA) is 116 Å². The maximum Gasteiger partial charge on any atom is 0.335 e. The maximum atomic E-state index is 13.5. The Balaban J connectivity index is 1.93. The molecule has 1 aliphatic rings. The predicted octanol–water partition coefficient (Wildman–Crippen LogP) is 1.92. The molecule has 3 aromatic rings. The van der Waals surface area contributed by atoms with E-state index in [9.17, 15) is 18.8 Å². The highest BCUT2D eigenvalue weighted by atomic mass is 19.1. The van der Waals surface area contributed by atoms with E-state index in [2.05, 4.69) is 9.97 Å². The van der Waals surface area contributed by atoms with Crippen LogP contribution in [-0.2, 0) is 11.3 Å². The minimum Gasteiger partial charge on any atom is -0.364 e. The van der Waals surface area contributed by atoms with Crippen molar-refractivity contribution in [3.05, 3.63) is 52.1 Å². The lowest BCUT2D eigenvalue weighted by Crippen LogP contribution is -2.49. The summed E-state index contributed by atoms with van der Waals surface area (Å²) >= 11 is 0. The number of nitrogens with zero attached hydrogens (tertiary/aromatic N) is 5. The standard InChI is InChI=1S/C22H25FN6O3/c1-12-5-4-6-13(2)28(12)17(30)11-27-19-18(20(24)31)25-14(3)26-21(19)29(22(27)32)16-9-7-15(23)8-10-16/h7-10,12-13H,4-6,11H2,1-3H3,(H2,24,31)/t12-,13-/m0/s1. The van der Waals surface area contributed by atoms with Crippen molar-refractivity contribution in [2.45, 2.75) is 58.7 Å². The van der Waals surface area contributed by atoms with Crippen molar-refractivity contribution in [3.8, 4) is 5.69 Å². The molecular formula is C22H25FN6O3. The summed E-state index contributed by atoms with van der Waals surface area (Å²) in [6.45, 7) is 5.26. The lowest BCUT2D eigenvalue weighted by atomic mass is 9.97. The van der Waals surface area contributed by atoms with E-state index in [1.807, 2.05) is 13.8 Å². The van der Waals surface area contributed by atoms with Gasteiger partial charge >= 0.3 is 5.69 Å². The molecule has 0 bridgehead atoms. The van der Waals surface area contributed by atoms with Gasteiger partial charge in [-0.25, -0.2) is 23.7 Å². The Bertz CT molecular complexity index is 1250. The Morgan fingerprint density at radius 3 is 2.34 bits per heavy atom. The highest BCUT2D eigenvalue weighted by molar-refractivity contribution is 6.02. The zero-order valence-electron chi connectivity index (χ0n) is 18.2. The number of hydrogen-bond donors (Lipinski definition) is 1. The first-order chi connectivity index (χ1) is 15.2. The number of halogens is 1. The van der Waals surface area contributed by atoms with Crippen molar-refractivity contribution in [1.82, 2.24) is 24.0 Å². The van der Waals surface area contributed by atoms with Crippen molar-refractivity contribution in [2.75, 3.05) is 0 Å². The van der Waals surface area contributed by atoms with Crippen LogP contribution in [-0.4, -0.2) is 47.9 Å². The van der Waals surface area contributed by atoms with Gasteiger partial charge in [-0.15, -0.1) is 0 Å². The third-order valence-electron chi connectivity index (χ3n) is 5.97. The SMILES string of the molecule is Cc1nc(C(N)=O)c2c(n1)n(-c1ccc(F)cc1)c(=O)n2CC(=O)N1[C@@H](C)CCC[C@@H]1C. The van der Waals surface area contributed by atoms with Crippen LogP contribution in [0.1, 0.15) is 49.4 Å². The predicted molar refractivity (Wildman–Crippen MR) is 116 cm³/mol. The molecule has 1 aliphatic heterocycles. The number of piperidine rings is 1. The van der Waals surface area contributed by atoms with E-state index < -0.39 is 17.4 Å². The minimum absolute atomic E-state index is 0.0431. The van der Waals surface area contributed by atoms with Crippen LogP contribution >= 0.6 is 0 Å². The van der Waals surface area contributed by atoms with Crippen LogP contribution in [0.25, 0.3) is 16.9 Å². The number of carbonyl (C=O) groups is 2. The van der Waals surface area contributed by atoms with E-state index in [0.717, 1.165) is 19.3 Å². The summed E-state index contributed by atoms with van der Waals surface area (Å²) in [6, 6.07) is 5.38. The second-order valence-corrected chi connectivity index (χ2v) is 8.27. The van der Waals surface area contributed by atoms with Crippen LogP contribution < -0.4 is 11.4 Å². The van der Waals surface area contributed by atoms with Crippen molar-refractivity contribution in [3.63, 3.8) is 0 Å². The summed E-state index contributed by atoms with van der Waals surface area (Å²) in [5.41, 5.74) is 5.40. The summed E-state index contributed by atoms with van der Waals surface area (Å²) < 4.78 is 15.9. The maximum absolute atomic E-state index is 13.5. The van der Waals surface area contributed by atoms with E-state index in [-0.39, 0.29) is 47.2 Å². The number of carbonyl (C=O) groups excluding carboxylic acids is 2.